The molecule has 0 radical (unpaired) electrons. The van der Waals surface area contributed by atoms with E-state index in [0.717, 1.165) is 12.2 Å². The van der Waals surface area contributed by atoms with Gasteiger partial charge in [0.15, 0.2) is 0 Å². The molecule has 0 aliphatic carbocycles. The van der Waals surface area contributed by atoms with E-state index in [4.69, 9.17) is 10.5 Å². The van der Waals surface area contributed by atoms with Gasteiger partial charge < -0.3 is 15.8 Å². The average molecular weight is 291 g/mol. The molecule has 1 saturated heterocycles. The van der Waals surface area contributed by atoms with Crippen LogP contribution in [-0.2, 0) is 4.74 Å². The van der Waals surface area contributed by atoms with Gasteiger partial charge in [0.25, 0.3) is 0 Å². The Hall–Kier alpha value is -1.75. The van der Waals surface area contributed by atoms with E-state index in [9.17, 15) is 4.79 Å². The summed E-state index contributed by atoms with van der Waals surface area (Å²) in [6, 6.07) is 5.86. The maximum absolute atomic E-state index is 11.6. The van der Waals surface area contributed by atoms with Crippen LogP contribution in [0.3, 0.4) is 0 Å². The van der Waals surface area contributed by atoms with Crippen LogP contribution in [0.2, 0.25) is 0 Å². The Labute approximate surface area is 126 Å². The number of carbonyl (C=O) groups excluding carboxylic acids is 1. The second kappa shape index (κ2) is 7.31. The Bertz CT molecular complexity index is 484. The average Bonchev–Trinajstić information content (AvgIpc) is 2.53. The third-order valence-electron chi connectivity index (χ3n) is 4.07. The number of nitrogens with two attached hydrogens (primary N) is 1. The number of carbonyl (C=O) groups is 1. The lowest BCUT2D eigenvalue weighted by Crippen LogP contribution is -2.41. The Kier molecular flexibility index (Phi) is 5.44. The van der Waals surface area contributed by atoms with Crippen LogP contribution >= 0.6 is 0 Å². The predicted molar refractivity (Wildman–Crippen MR) is 85.6 cm³/mol. The van der Waals surface area contributed by atoms with Crippen LogP contribution in [-0.4, -0.2) is 43.7 Å². The Morgan fingerprint density at radius 2 is 2.10 bits per heavy atom. The minimum Gasteiger partial charge on any atom is -0.465 e. The molecule has 5 heteroatoms. The molecular formula is C16H25N3O2. The fourth-order valence-electron chi connectivity index (χ4n) is 2.71. The quantitative estimate of drug-likeness (QED) is 0.644. The lowest BCUT2D eigenvalue weighted by atomic mass is 10.1. The van der Waals surface area contributed by atoms with Crippen LogP contribution < -0.4 is 11.1 Å². The van der Waals surface area contributed by atoms with Crippen LogP contribution in [0.1, 0.15) is 36.5 Å². The van der Waals surface area contributed by atoms with Crippen molar-refractivity contribution in [2.75, 3.05) is 37.8 Å². The number of nitrogens with one attached hydrogen (secondary N) is 1. The first-order valence-corrected chi connectivity index (χ1v) is 7.57. The number of hydrogen-bond donors (Lipinski definition) is 2. The van der Waals surface area contributed by atoms with E-state index >= 15 is 0 Å². The Balaban J connectivity index is 1.94. The molecule has 1 atom stereocenters. The van der Waals surface area contributed by atoms with E-state index in [-0.39, 0.29) is 0 Å². The van der Waals surface area contributed by atoms with Crippen LogP contribution in [0.15, 0.2) is 18.2 Å². The molecule has 0 spiro atoms. The largest absolute Gasteiger partial charge is 0.465 e. The minimum atomic E-state index is -0.403. The van der Waals surface area contributed by atoms with Crippen molar-refractivity contribution < 1.29 is 9.53 Å². The van der Waals surface area contributed by atoms with Crippen molar-refractivity contribution in [3.8, 4) is 0 Å². The highest BCUT2D eigenvalue weighted by Crippen LogP contribution is 2.19. The number of piperidine rings is 1. The number of hydrogen-bond acceptors (Lipinski definition) is 5. The summed E-state index contributed by atoms with van der Waals surface area (Å²) in [5, 5.41) is 3.38. The summed E-state index contributed by atoms with van der Waals surface area (Å²) >= 11 is 0. The van der Waals surface area contributed by atoms with Gasteiger partial charge in [-0.3, -0.25) is 4.90 Å². The first-order chi connectivity index (χ1) is 10.1. The number of nitrogen functional groups attached to an aromatic ring is 1. The smallest absolute Gasteiger partial charge is 0.340 e. The van der Waals surface area contributed by atoms with E-state index in [1.54, 1.807) is 12.1 Å². The molecule has 1 aromatic carbocycles. The van der Waals surface area contributed by atoms with Gasteiger partial charge in [-0.25, -0.2) is 4.79 Å². The SMILES string of the molecule is COC(=O)c1cc(NCC(C)N2CCCCC2)ccc1N. The highest BCUT2D eigenvalue weighted by molar-refractivity contribution is 5.96. The normalized spacial score (nSPS) is 17.2. The van der Waals surface area contributed by atoms with Crippen molar-refractivity contribution >= 4 is 17.3 Å². The Morgan fingerprint density at radius 1 is 1.38 bits per heavy atom. The molecule has 3 N–H and O–H groups in total. The number of likely N-dealkylation sites (tertiary alicyclic amines) is 1. The summed E-state index contributed by atoms with van der Waals surface area (Å²) in [5.74, 6) is -0.403. The molecule has 1 aliphatic rings. The van der Waals surface area contributed by atoms with Crippen LogP contribution in [0.4, 0.5) is 11.4 Å². The molecule has 5 nitrogen and oxygen atoms in total. The standard InChI is InChI=1S/C16H25N3O2/c1-12(19-8-4-3-5-9-19)11-18-13-6-7-15(17)14(10-13)16(20)21-2/h6-7,10,12,18H,3-5,8-9,11,17H2,1-2H3. The highest BCUT2D eigenvalue weighted by atomic mass is 16.5. The number of nitrogens with zero attached hydrogens (tertiary/aromatic N) is 1. The number of rotatable bonds is 5. The van der Waals surface area contributed by atoms with E-state index < -0.39 is 5.97 Å². The second-order valence-electron chi connectivity index (χ2n) is 5.62. The lowest BCUT2D eigenvalue weighted by molar-refractivity contribution is 0.0602. The van der Waals surface area contributed by atoms with Gasteiger partial charge in [-0.1, -0.05) is 6.42 Å². The third kappa shape index (κ3) is 4.11. The van der Waals surface area contributed by atoms with Crippen molar-refractivity contribution in [2.45, 2.75) is 32.2 Å². The summed E-state index contributed by atoms with van der Waals surface area (Å²) in [6.07, 6.45) is 3.93. The van der Waals surface area contributed by atoms with Gasteiger partial charge in [-0.15, -0.1) is 0 Å². The topological polar surface area (TPSA) is 67.6 Å². The van der Waals surface area contributed by atoms with Gasteiger partial charge in [0.05, 0.1) is 12.7 Å². The molecule has 21 heavy (non-hydrogen) atoms. The van der Waals surface area contributed by atoms with E-state index in [2.05, 4.69) is 17.1 Å². The summed E-state index contributed by atoms with van der Waals surface area (Å²) in [4.78, 5) is 14.1. The molecule has 0 amide bonds. The van der Waals surface area contributed by atoms with Gasteiger partial charge in [0.1, 0.15) is 0 Å². The van der Waals surface area contributed by atoms with E-state index in [1.165, 1.54) is 39.5 Å². The second-order valence-corrected chi connectivity index (χ2v) is 5.62. The van der Waals surface area contributed by atoms with Crippen molar-refractivity contribution in [3.05, 3.63) is 23.8 Å². The zero-order valence-electron chi connectivity index (χ0n) is 12.9. The monoisotopic (exact) mass is 291 g/mol. The minimum absolute atomic E-state index is 0.403. The number of benzene rings is 1. The van der Waals surface area contributed by atoms with Gasteiger partial charge >= 0.3 is 5.97 Å². The summed E-state index contributed by atoms with van der Waals surface area (Å²) in [5.41, 5.74) is 7.55. The van der Waals surface area contributed by atoms with Gasteiger partial charge in [0, 0.05) is 24.0 Å². The number of methoxy groups -OCH3 is 1. The van der Waals surface area contributed by atoms with Crippen LogP contribution in [0.25, 0.3) is 0 Å². The fraction of sp³-hybridized carbons (Fsp3) is 0.562. The molecule has 1 aliphatic heterocycles. The molecule has 116 valence electrons. The van der Waals surface area contributed by atoms with Gasteiger partial charge in [0.2, 0.25) is 0 Å². The predicted octanol–water partition coefficient (Wildman–Crippen LogP) is 2.34. The van der Waals surface area contributed by atoms with Crippen molar-refractivity contribution in [1.29, 1.82) is 0 Å². The van der Waals surface area contributed by atoms with Crippen LogP contribution in [0.5, 0.6) is 0 Å². The van der Waals surface area contributed by atoms with Crippen molar-refractivity contribution in [3.63, 3.8) is 0 Å². The summed E-state index contributed by atoms with van der Waals surface area (Å²) in [6.45, 7) is 5.44. The maximum Gasteiger partial charge on any atom is 0.340 e. The van der Waals surface area contributed by atoms with E-state index in [1.807, 2.05) is 6.07 Å². The molecule has 1 fully saturated rings. The fourth-order valence-corrected chi connectivity index (χ4v) is 2.71. The zero-order valence-corrected chi connectivity index (χ0v) is 12.9. The van der Waals surface area contributed by atoms with Crippen molar-refractivity contribution in [1.82, 2.24) is 4.90 Å². The molecular weight excluding hydrogens is 266 g/mol. The molecule has 2 rings (SSSR count). The zero-order chi connectivity index (χ0) is 15.2. The van der Waals surface area contributed by atoms with Gasteiger partial charge in [-0.2, -0.15) is 0 Å². The maximum atomic E-state index is 11.6. The number of ether oxygens (including phenoxy) is 1. The Morgan fingerprint density at radius 3 is 2.76 bits per heavy atom. The molecule has 1 unspecified atom stereocenters. The lowest BCUT2D eigenvalue weighted by Gasteiger charge is -2.32. The third-order valence-corrected chi connectivity index (χ3v) is 4.07. The van der Waals surface area contributed by atoms with E-state index in [0.29, 0.717) is 17.3 Å². The molecule has 0 aromatic heterocycles. The molecule has 1 heterocycles. The first kappa shape index (κ1) is 15.6. The summed E-state index contributed by atoms with van der Waals surface area (Å²) in [7, 11) is 1.36. The first-order valence-electron chi connectivity index (χ1n) is 7.57. The summed E-state index contributed by atoms with van der Waals surface area (Å²) < 4.78 is 4.74. The molecule has 0 bridgehead atoms. The number of esters is 1. The molecule has 1 aromatic rings. The van der Waals surface area contributed by atoms with Crippen molar-refractivity contribution in [2.24, 2.45) is 0 Å². The number of anilines is 2. The van der Waals surface area contributed by atoms with Crippen LogP contribution in [0, 0.1) is 0 Å². The van der Waals surface area contributed by atoms with Gasteiger partial charge in [-0.05, 0) is 51.1 Å². The molecule has 0 saturated carbocycles. The highest BCUT2D eigenvalue weighted by Gasteiger charge is 2.16.